The highest BCUT2D eigenvalue weighted by molar-refractivity contribution is 6.02. The Morgan fingerprint density at radius 3 is 2.48 bits per heavy atom. The van der Waals surface area contributed by atoms with E-state index in [2.05, 4.69) is 16.3 Å². The van der Waals surface area contributed by atoms with Crippen LogP contribution in [0, 0.1) is 0 Å². The highest BCUT2D eigenvalue weighted by Crippen LogP contribution is 2.39. The first kappa shape index (κ1) is 13.9. The molecule has 0 saturated heterocycles. The number of nitrogens with one attached hydrogen (secondary N) is 1. The fraction of sp³-hybridized carbons (Fsp3) is 0.500. The molecule has 21 heavy (non-hydrogen) atoms. The van der Waals surface area contributed by atoms with Crippen molar-refractivity contribution < 1.29 is 9.59 Å². The van der Waals surface area contributed by atoms with Gasteiger partial charge in [-0.2, -0.15) is 0 Å². The van der Waals surface area contributed by atoms with E-state index in [4.69, 9.17) is 0 Å². The quantitative estimate of drug-likeness (QED) is 0.917. The Morgan fingerprint density at radius 2 is 1.86 bits per heavy atom. The number of benzene rings is 1. The normalized spacial score (nSPS) is 19.0. The lowest BCUT2D eigenvalue weighted by molar-refractivity contribution is -0.126. The Balaban J connectivity index is 1.85. The number of carbonyl (C=O) groups excluding carboxylic acids is 2. The molecule has 1 N–H and O–H groups in total. The molecule has 1 fully saturated rings. The monoisotopic (exact) mass is 287 g/mol. The molecule has 2 aliphatic rings. The fourth-order valence-corrected chi connectivity index (χ4v) is 2.98. The summed E-state index contributed by atoms with van der Waals surface area (Å²) in [5, 5.41) is 2.67. The van der Waals surface area contributed by atoms with Crippen molar-refractivity contribution in [2.75, 3.05) is 22.9 Å². The van der Waals surface area contributed by atoms with Crippen molar-refractivity contribution in [3.63, 3.8) is 0 Å². The first-order chi connectivity index (χ1) is 10.1. The van der Waals surface area contributed by atoms with Crippen molar-refractivity contribution in [1.82, 2.24) is 5.32 Å². The van der Waals surface area contributed by atoms with E-state index in [1.54, 1.807) is 11.8 Å². The highest BCUT2D eigenvalue weighted by atomic mass is 16.2. The van der Waals surface area contributed by atoms with Gasteiger partial charge in [-0.25, -0.2) is 0 Å². The second kappa shape index (κ2) is 5.39. The third-order valence-corrected chi connectivity index (χ3v) is 4.09. The van der Waals surface area contributed by atoms with Crippen molar-refractivity contribution in [2.24, 2.45) is 0 Å². The molecule has 1 heterocycles. The molecule has 1 unspecified atom stereocenters. The highest BCUT2D eigenvalue weighted by Gasteiger charge is 2.36. The third-order valence-electron chi connectivity index (χ3n) is 4.09. The van der Waals surface area contributed by atoms with E-state index >= 15 is 0 Å². The zero-order valence-electron chi connectivity index (χ0n) is 12.5. The van der Waals surface area contributed by atoms with Crippen LogP contribution in [-0.4, -0.2) is 37.0 Å². The molecule has 112 valence electrons. The molecule has 1 aliphatic heterocycles. The summed E-state index contributed by atoms with van der Waals surface area (Å²) in [4.78, 5) is 27.9. The van der Waals surface area contributed by atoms with Crippen molar-refractivity contribution in [1.29, 1.82) is 0 Å². The lowest BCUT2D eigenvalue weighted by Crippen LogP contribution is -2.51. The second-order valence-corrected chi connectivity index (χ2v) is 5.83. The molecule has 1 aromatic carbocycles. The van der Waals surface area contributed by atoms with E-state index in [-0.39, 0.29) is 11.8 Å². The molecule has 1 aliphatic carbocycles. The maximum atomic E-state index is 12.6. The number of para-hydroxylation sites is 2. The van der Waals surface area contributed by atoms with Gasteiger partial charge < -0.3 is 15.1 Å². The van der Waals surface area contributed by atoms with Crippen molar-refractivity contribution in [3.8, 4) is 0 Å². The minimum Gasteiger partial charge on any atom is -0.365 e. The standard InChI is InChI=1S/C16H21N3O2/c1-11(17-12(2)20)16(21)19-10-9-18(13-7-8-13)14-5-3-4-6-15(14)19/h3-6,11,13H,7-10H2,1-2H3,(H,17,20). The van der Waals surface area contributed by atoms with Crippen molar-refractivity contribution >= 4 is 23.2 Å². The summed E-state index contributed by atoms with van der Waals surface area (Å²) in [5.41, 5.74) is 2.09. The Hall–Kier alpha value is -2.04. The van der Waals surface area contributed by atoms with Crippen LogP contribution in [0.4, 0.5) is 11.4 Å². The number of carbonyl (C=O) groups is 2. The van der Waals surface area contributed by atoms with Crippen molar-refractivity contribution in [3.05, 3.63) is 24.3 Å². The predicted octanol–water partition coefficient (Wildman–Crippen LogP) is 1.53. The molecule has 0 spiro atoms. The van der Waals surface area contributed by atoms with E-state index in [0.29, 0.717) is 12.6 Å². The lowest BCUT2D eigenvalue weighted by atomic mass is 10.1. The molecule has 1 saturated carbocycles. The molecule has 1 atom stereocenters. The van der Waals surface area contributed by atoms with Gasteiger partial charge in [0, 0.05) is 26.1 Å². The number of fused-ring (bicyclic) bond motifs is 1. The van der Waals surface area contributed by atoms with Crippen LogP contribution in [-0.2, 0) is 9.59 Å². The molecular formula is C16H21N3O2. The van der Waals surface area contributed by atoms with Gasteiger partial charge in [0.05, 0.1) is 11.4 Å². The molecule has 1 aromatic rings. The Labute approximate surface area is 124 Å². The van der Waals surface area contributed by atoms with Gasteiger partial charge in [-0.3, -0.25) is 9.59 Å². The first-order valence-corrected chi connectivity index (χ1v) is 7.52. The molecular weight excluding hydrogens is 266 g/mol. The molecule has 0 aromatic heterocycles. The maximum Gasteiger partial charge on any atom is 0.249 e. The summed E-state index contributed by atoms with van der Waals surface area (Å²) < 4.78 is 0. The average molecular weight is 287 g/mol. The number of nitrogens with zero attached hydrogens (tertiary/aromatic N) is 2. The lowest BCUT2D eigenvalue weighted by Gasteiger charge is -2.38. The number of amides is 2. The topological polar surface area (TPSA) is 52.7 Å². The molecule has 0 bridgehead atoms. The van der Waals surface area contributed by atoms with E-state index in [9.17, 15) is 9.59 Å². The summed E-state index contributed by atoms with van der Waals surface area (Å²) in [7, 11) is 0. The molecule has 5 heteroatoms. The van der Waals surface area contributed by atoms with Gasteiger partial charge in [-0.1, -0.05) is 12.1 Å². The molecule has 3 rings (SSSR count). The maximum absolute atomic E-state index is 12.6. The SMILES string of the molecule is CC(=O)NC(C)C(=O)N1CCN(C2CC2)c2ccccc21. The van der Waals surface area contributed by atoms with Crippen LogP contribution in [0.5, 0.6) is 0 Å². The summed E-state index contributed by atoms with van der Waals surface area (Å²) in [6.45, 7) is 4.71. The predicted molar refractivity (Wildman–Crippen MR) is 82.4 cm³/mol. The molecule has 2 amide bonds. The van der Waals surface area contributed by atoms with Gasteiger partial charge in [0.25, 0.3) is 0 Å². The summed E-state index contributed by atoms with van der Waals surface area (Å²) in [5.74, 6) is -0.228. The zero-order chi connectivity index (χ0) is 15.0. The number of anilines is 2. The number of hydrogen-bond donors (Lipinski definition) is 1. The van der Waals surface area contributed by atoms with Crippen LogP contribution >= 0.6 is 0 Å². The summed E-state index contributed by atoms with van der Waals surface area (Å²) >= 11 is 0. The van der Waals surface area contributed by atoms with Crippen LogP contribution in [0.25, 0.3) is 0 Å². The Bertz CT molecular complexity index is 568. The zero-order valence-corrected chi connectivity index (χ0v) is 12.5. The summed E-state index contributed by atoms with van der Waals surface area (Å²) in [6.07, 6.45) is 2.48. The van der Waals surface area contributed by atoms with Crippen LogP contribution < -0.4 is 15.1 Å². The summed E-state index contributed by atoms with van der Waals surface area (Å²) in [6, 6.07) is 8.18. The Kier molecular flexibility index (Phi) is 3.57. The smallest absolute Gasteiger partial charge is 0.249 e. The van der Waals surface area contributed by atoms with Gasteiger partial charge in [-0.05, 0) is 31.9 Å². The van der Waals surface area contributed by atoms with E-state index in [0.717, 1.165) is 17.9 Å². The van der Waals surface area contributed by atoms with Crippen LogP contribution in [0.2, 0.25) is 0 Å². The minimum atomic E-state index is -0.497. The van der Waals surface area contributed by atoms with Crippen LogP contribution in [0.15, 0.2) is 24.3 Å². The van der Waals surface area contributed by atoms with Gasteiger partial charge in [0.15, 0.2) is 0 Å². The van der Waals surface area contributed by atoms with Gasteiger partial charge in [0.1, 0.15) is 6.04 Å². The van der Waals surface area contributed by atoms with E-state index < -0.39 is 6.04 Å². The van der Waals surface area contributed by atoms with Crippen LogP contribution in [0.3, 0.4) is 0 Å². The Morgan fingerprint density at radius 1 is 1.19 bits per heavy atom. The minimum absolute atomic E-state index is 0.0481. The molecule has 0 radical (unpaired) electrons. The fourth-order valence-electron chi connectivity index (χ4n) is 2.98. The largest absolute Gasteiger partial charge is 0.365 e. The van der Waals surface area contributed by atoms with Gasteiger partial charge in [0.2, 0.25) is 11.8 Å². The van der Waals surface area contributed by atoms with Gasteiger partial charge in [-0.15, -0.1) is 0 Å². The third kappa shape index (κ3) is 2.73. The number of rotatable bonds is 3. The van der Waals surface area contributed by atoms with Crippen molar-refractivity contribution in [2.45, 2.75) is 38.8 Å². The van der Waals surface area contributed by atoms with E-state index in [1.165, 1.54) is 19.8 Å². The van der Waals surface area contributed by atoms with Crippen LogP contribution in [0.1, 0.15) is 26.7 Å². The second-order valence-electron chi connectivity index (χ2n) is 5.83. The number of hydrogen-bond acceptors (Lipinski definition) is 3. The average Bonchev–Trinajstić information content (AvgIpc) is 3.29. The van der Waals surface area contributed by atoms with E-state index in [1.807, 2.05) is 18.2 Å². The molecule has 5 nitrogen and oxygen atoms in total. The van der Waals surface area contributed by atoms with Gasteiger partial charge >= 0.3 is 0 Å². The first-order valence-electron chi connectivity index (χ1n) is 7.52.